The van der Waals surface area contributed by atoms with Crippen molar-refractivity contribution in [2.45, 2.75) is 38.9 Å². The van der Waals surface area contributed by atoms with Crippen molar-refractivity contribution in [2.24, 2.45) is 0 Å². The number of pyridine rings is 1. The van der Waals surface area contributed by atoms with Gasteiger partial charge in [-0.3, -0.25) is 9.78 Å². The van der Waals surface area contributed by atoms with Gasteiger partial charge in [0.2, 0.25) is 5.91 Å². The Balaban J connectivity index is 1.78. The van der Waals surface area contributed by atoms with Crippen molar-refractivity contribution < 1.29 is 9.32 Å². The lowest BCUT2D eigenvalue weighted by Gasteiger charge is -2.25. The highest BCUT2D eigenvalue weighted by Gasteiger charge is 2.38. The van der Waals surface area contributed by atoms with E-state index in [1.165, 1.54) is 0 Å². The van der Waals surface area contributed by atoms with Crippen LogP contribution in [-0.4, -0.2) is 34.0 Å². The maximum Gasteiger partial charge on any atom is 0.224 e. The van der Waals surface area contributed by atoms with Crippen LogP contribution < -0.4 is 5.32 Å². The maximum atomic E-state index is 12.1. The second-order valence-corrected chi connectivity index (χ2v) is 5.73. The Kier molecular flexibility index (Phi) is 3.94. The average Bonchev–Trinajstić information content (AvgIpc) is 2.98. The van der Waals surface area contributed by atoms with E-state index in [9.17, 15) is 4.79 Å². The SMILES string of the molecule is Cc1noc(C)c1CN[C@@H]1CC(=O)N(C)[C@H]1c1cccnc1. The molecule has 1 aliphatic rings. The molecule has 22 heavy (non-hydrogen) atoms. The number of carbonyl (C=O) groups is 1. The third kappa shape index (κ3) is 2.62. The van der Waals surface area contributed by atoms with Gasteiger partial charge in [0.1, 0.15) is 5.76 Å². The second kappa shape index (κ2) is 5.88. The van der Waals surface area contributed by atoms with Crippen molar-refractivity contribution in [3.05, 3.63) is 47.1 Å². The molecule has 0 bridgehead atoms. The number of hydrogen-bond donors (Lipinski definition) is 1. The van der Waals surface area contributed by atoms with Crippen LogP contribution in [0.5, 0.6) is 0 Å². The van der Waals surface area contributed by atoms with E-state index in [0.29, 0.717) is 13.0 Å². The smallest absolute Gasteiger partial charge is 0.224 e. The average molecular weight is 300 g/mol. The van der Waals surface area contributed by atoms with Crippen LogP contribution in [0.25, 0.3) is 0 Å². The van der Waals surface area contributed by atoms with Crippen LogP contribution >= 0.6 is 0 Å². The molecule has 3 heterocycles. The summed E-state index contributed by atoms with van der Waals surface area (Å²) in [4.78, 5) is 18.1. The molecule has 6 nitrogen and oxygen atoms in total. The highest BCUT2D eigenvalue weighted by Crippen LogP contribution is 2.31. The summed E-state index contributed by atoms with van der Waals surface area (Å²) in [6.45, 7) is 4.48. The summed E-state index contributed by atoms with van der Waals surface area (Å²) in [5, 5.41) is 7.45. The molecule has 2 aromatic heterocycles. The van der Waals surface area contributed by atoms with Gasteiger partial charge in [0.05, 0.1) is 11.7 Å². The molecule has 116 valence electrons. The Labute approximate surface area is 129 Å². The van der Waals surface area contributed by atoms with Gasteiger partial charge in [0.25, 0.3) is 0 Å². The Morgan fingerprint density at radius 2 is 2.27 bits per heavy atom. The summed E-state index contributed by atoms with van der Waals surface area (Å²) in [5.41, 5.74) is 3.00. The van der Waals surface area contributed by atoms with Gasteiger partial charge in [0, 0.05) is 44.0 Å². The summed E-state index contributed by atoms with van der Waals surface area (Å²) in [5.74, 6) is 0.964. The summed E-state index contributed by atoms with van der Waals surface area (Å²) < 4.78 is 5.19. The maximum absolute atomic E-state index is 12.1. The normalized spacial score (nSPS) is 21.6. The molecule has 6 heteroatoms. The lowest BCUT2D eigenvalue weighted by molar-refractivity contribution is -0.127. The number of aryl methyl sites for hydroxylation is 2. The molecular weight excluding hydrogens is 280 g/mol. The van der Waals surface area contributed by atoms with Gasteiger partial charge in [-0.05, 0) is 25.5 Å². The van der Waals surface area contributed by atoms with E-state index in [4.69, 9.17) is 4.52 Å². The summed E-state index contributed by atoms with van der Waals surface area (Å²) >= 11 is 0. The van der Waals surface area contributed by atoms with E-state index in [2.05, 4.69) is 15.5 Å². The van der Waals surface area contributed by atoms with Gasteiger partial charge in [0.15, 0.2) is 0 Å². The third-order valence-corrected chi connectivity index (χ3v) is 4.33. The molecule has 0 unspecified atom stereocenters. The lowest BCUT2D eigenvalue weighted by atomic mass is 10.0. The summed E-state index contributed by atoms with van der Waals surface area (Å²) in [6, 6.07) is 3.96. The van der Waals surface area contributed by atoms with Crippen LogP contribution in [0.4, 0.5) is 0 Å². The van der Waals surface area contributed by atoms with Gasteiger partial charge in [-0.2, -0.15) is 0 Å². The first-order valence-corrected chi connectivity index (χ1v) is 7.38. The standard InChI is InChI=1S/C16H20N4O2/c1-10-13(11(2)22-19-10)9-18-14-7-15(21)20(3)16(14)12-5-4-6-17-8-12/h4-6,8,14,16,18H,7,9H2,1-3H3/t14-,16+/m1/s1. The fraction of sp³-hybridized carbons (Fsp3) is 0.438. The quantitative estimate of drug-likeness (QED) is 0.931. The van der Waals surface area contributed by atoms with Crippen LogP contribution in [0.3, 0.4) is 0 Å². The third-order valence-electron chi connectivity index (χ3n) is 4.33. The van der Waals surface area contributed by atoms with E-state index in [-0.39, 0.29) is 18.0 Å². The first-order valence-electron chi connectivity index (χ1n) is 7.38. The monoisotopic (exact) mass is 300 g/mol. The predicted octanol–water partition coefficient (Wildman–Crippen LogP) is 1.75. The molecule has 3 rings (SSSR count). The van der Waals surface area contributed by atoms with E-state index in [0.717, 1.165) is 22.6 Å². The largest absolute Gasteiger partial charge is 0.361 e. The zero-order valence-electron chi connectivity index (χ0n) is 13.0. The molecular formula is C16H20N4O2. The van der Waals surface area contributed by atoms with Crippen molar-refractivity contribution in [3.8, 4) is 0 Å². The molecule has 1 aliphatic heterocycles. The molecule has 1 N–H and O–H groups in total. The Morgan fingerprint density at radius 3 is 2.91 bits per heavy atom. The first-order chi connectivity index (χ1) is 10.6. The van der Waals surface area contributed by atoms with Crippen molar-refractivity contribution >= 4 is 5.91 Å². The van der Waals surface area contributed by atoms with Crippen molar-refractivity contribution in [1.29, 1.82) is 0 Å². The van der Waals surface area contributed by atoms with Gasteiger partial charge >= 0.3 is 0 Å². The lowest BCUT2D eigenvalue weighted by Crippen LogP contribution is -2.35. The number of nitrogens with zero attached hydrogens (tertiary/aromatic N) is 3. The molecule has 2 atom stereocenters. The molecule has 0 radical (unpaired) electrons. The van der Waals surface area contributed by atoms with Crippen molar-refractivity contribution in [3.63, 3.8) is 0 Å². The minimum Gasteiger partial charge on any atom is -0.361 e. The van der Waals surface area contributed by atoms with E-state index < -0.39 is 0 Å². The minimum absolute atomic E-state index is 0.00155. The molecule has 1 fully saturated rings. The molecule has 1 saturated heterocycles. The number of likely N-dealkylation sites (N-methyl/N-ethyl adjacent to an activating group) is 1. The number of aromatic nitrogens is 2. The molecule has 0 aromatic carbocycles. The molecule has 0 spiro atoms. The zero-order chi connectivity index (χ0) is 15.7. The number of amides is 1. The predicted molar refractivity (Wildman–Crippen MR) is 81.0 cm³/mol. The molecule has 0 aliphatic carbocycles. The van der Waals surface area contributed by atoms with Crippen LogP contribution in [0.15, 0.2) is 29.0 Å². The molecule has 2 aromatic rings. The van der Waals surface area contributed by atoms with E-state index in [1.54, 1.807) is 11.1 Å². The van der Waals surface area contributed by atoms with Crippen LogP contribution in [0, 0.1) is 13.8 Å². The highest BCUT2D eigenvalue weighted by molar-refractivity contribution is 5.80. The molecule has 1 amide bonds. The number of nitrogens with one attached hydrogen (secondary N) is 1. The zero-order valence-corrected chi connectivity index (χ0v) is 13.0. The van der Waals surface area contributed by atoms with Gasteiger partial charge in [-0.15, -0.1) is 0 Å². The fourth-order valence-electron chi connectivity index (χ4n) is 3.05. The first kappa shape index (κ1) is 14.7. The second-order valence-electron chi connectivity index (χ2n) is 5.73. The number of hydrogen-bond acceptors (Lipinski definition) is 5. The van der Waals surface area contributed by atoms with Crippen molar-refractivity contribution in [1.82, 2.24) is 20.4 Å². The molecule has 0 saturated carbocycles. The van der Waals surface area contributed by atoms with Crippen molar-refractivity contribution in [2.75, 3.05) is 7.05 Å². The number of carbonyl (C=O) groups excluding carboxylic acids is 1. The Hall–Kier alpha value is -2.21. The van der Waals surface area contributed by atoms with Gasteiger partial charge in [-0.25, -0.2) is 0 Å². The Morgan fingerprint density at radius 1 is 1.45 bits per heavy atom. The van der Waals surface area contributed by atoms with E-state index in [1.807, 2.05) is 39.2 Å². The number of rotatable bonds is 4. The summed E-state index contributed by atoms with van der Waals surface area (Å²) in [7, 11) is 1.84. The van der Waals surface area contributed by atoms with Crippen LogP contribution in [0.1, 0.15) is 35.0 Å². The minimum atomic E-state index is 0.00155. The number of likely N-dealkylation sites (tertiary alicyclic amines) is 1. The topological polar surface area (TPSA) is 71.3 Å². The Bertz CT molecular complexity index is 649. The van der Waals surface area contributed by atoms with Gasteiger partial charge in [-0.1, -0.05) is 11.2 Å². The van der Waals surface area contributed by atoms with Gasteiger partial charge < -0.3 is 14.7 Å². The van der Waals surface area contributed by atoms with Crippen LogP contribution in [-0.2, 0) is 11.3 Å². The summed E-state index contributed by atoms with van der Waals surface area (Å²) in [6.07, 6.45) is 4.05. The van der Waals surface area contributed by atoms with E-state index >= 15 is 0 Å². The van der Waals surface area contributed by atoms with Crippen LogP contribution in [0.2, 0.25) is 0 Å². The fourth-order valence-corrected chi connectivity index (χ4v) is 3.05. The highest BCUT2D eigenvalue weighted by atomic mass is 16.5.